The molecular formula is C16H13NS. The van der Waals surface area contributed by atoms with Gasteiger partial charge in [0.2, 0.25) is 0 Å². The fourth-order valence-corrected chi connectivity index (χ4v) is 2.89. The minimum Gasteiger partial charge on any atom is -0.246 e. The molecule has 2 aromatic rings. The van der Waals surface area contributed by atoms with Crippen molar-refractivity contribution in [2.24, 2.45) is 4.99 Å². The fraction of sp³-hybridized carbons (Fsp3) is 0.0625. The molecule has 0 atom stereocenters. The summed E-state index contributed by atoms with van der Waals surface area (Å²) in [6, 6.07) is 18.7. The van der Waals surface area contributed by atoms with Gasteiger partial charge in [-0.05, 0) is 24.6 Å². The average molecular weight is 251 g/mol. The maximum atomic E-state index is 4.66. The predicted molar refractivity (Wildman–Crippen MR) is 79.7 cm³/mol. The van der Waals surface area contributed by atoms with Gasteiger partial charge in [0.05, 0.1) is 10.7 Å². The van der Waals surface area contributed by atoms with E-state index in [1.807, 2.05) is 18.2 Å². The van der Waals surface area contributed by atoms with Crippen LogP contribution in [0.4, 0.5) is 0 Å². The molecule has 1 nitrogen and oxygen atoms in total. The van der Waals surface area contributed by atoms with Gasteiger partial charge in [-0.2, -0.15) is 0 Å². The number of fused-ring (bicyclic) bond motifs is 1. The van der Waals surface area contributed by atoms with E-state index in [9.17, 15) is 0 Å². The summed E-state index contributed by atoms with van der Waals surface area (Å²) in [6.07, 6.45) is 2.14. The van der Waals surface area contributed by atoms with Crippen LogP contribution in [-0.4, -0.2) is 5.04 Å². The van der Waals surface area contributed by atoms with E-state index in [-0.39, 0.29) is 0 Å². The van der Waals surface area contributed by atoms with Crippen LogP contribution < -0.4 is 0 Å². The van der Waals surface area contributed by atoms with E-state index in [4.69, 9.17) is 0 Å². The summed E-state index contributed by atoms with van der Waals surface area (Å²) >= 11 is 1.74. The van der Waals surface area contributed by atoms with E-state index >= 15 is 0 Å². The third kappa shape index (κ3) is 2.24. The smallest absolute Gasteiger partial charge is 0.0755 e. The summed E-state index contributed by atoms with van der Waals surface area (Å²) in [4.78, 5) is 5.94. The van der Waals surface area contributed by atoms with Crippen LogP contribution in [-0.2, 0) is 0 Å². The minimum atomic E-state index is 1.05. The second-order valence-electron chi connectivity index (χ2n) is 4.17. The molecule has 0 aromatic heterocycles. The molecule has 0 saturated carbocycles. The van der Waals surface area contributed by atoms with Crippen molar-refractivity contribution in [3.63, 3.8) is 0 Å². The molecule has 1 aliphatic rings. The van der Waals surface area contributed by atoms with Gasteiger partial charge in [-0.25, -0.2) is 4.99 Å². The van der Waals surface area contributed by atoms with Crippen LogP contribution in [0.25, 0.3) is 11.8 Å². The normalized spacial score (nSPS) is 16.3. The number of thioether (sulfide) groups is 1. The number of hydrogen-bond donors (Lipinski definition) is 0. The van der Waals surface area contributed by atoms with Gasteiger partial charge < -0.3 is 0 Å². The van der Waals surface area contributed by atoms with Crippen molar-refractivity contribution in [2.45, 2.75) is 11.8 Å². The molecule has 0 amide bonds. The number of rotatable bonds is 1. The Bertz CT molecular complexity index is 627. The largest absolute Gasteiger partial charge is 0.246 e. The van der Waals surface area contributed by atoms with Gasteiger partial charge in [0.25, 0.3) is 0 Å². The number of nitrogens with zero attached hydrogens (tertiary/aromatic N) is 1. The Balaban J connectivity index is 2.11. The van der Waals surface area contributed by atoms with Crippen molar-refractivity contribution in [1.82, 2.24) is 0 Å². The maximum Gasteiger partial charge on any atom is 0.0755 e. The molecule has 1 aliphatic heterocycles. The molecule has 0 N–H and O–H groups in total. The summed E-state index contributed by atoms with van der Waals surface area (Å²) < 4.78 is 0. The highest BCUT2D eigenvalue weighted by Crippen LogP contribution is 2.36. The maximum absolute atomic E-state index is 4.66. The van der Waals surface area contributed by atoms with Crippen LogP contribution in [0.3, 0.4) is 0 Å². The highest BCUT2D eigenvalue weighted by molar-refractivity contribution is 8.14. The van der Waals surface area contributed by atoms with E-state index in [1.54, 1.807) is 11.8 Å². The Kier molecular flexibility index (Phi) is 3.03. The Hall–Kier alpha value is -1.80. The highest BCUT2D eigenvalue weighted by Gasteiger charge is 2.14. The zero-order valence-corrected chi connectivity index (χ0v) is 10.9. The molecule has 0 bridgehead atoms. The Morgan fingerprint density at radius 2 is 1.67 bits per heavy atom. The zero-order valence-electron chi connectivity index (χ0n) is 10.1. The van der Waals surface area contributed by atoms with E-state index in [0.717, 1.165) is 10.7 Å². The lowest BCUT2D eigenvalue weighted by Gasteiger charge is -2.15. The van der Waals surface area contributed by atoms with Gasteiger partial charge in [-0.3, -0.25) is 0 Å². The van der Waals surface area contributed by atoms with Crippen LogP contribution in [0, 0.1) is 0 Å². The quantitative estimate of drug-likeness (QED) is 0.715. The first kappa shape index (κ1) is 11.3. The van der Waals surface area contributed by atoms with Crippen molar-refractivity contribution < 1.29 is 0 Å². The summed E-state index contributed by atoms with van der Waals surface area (Å²) in [7, 11) is 0. The second kappa shape index (κ2) is 4.83. The van der Waals surface area contributed by atoms with Crippen LogP contribution in [0.1, 0.15) is 18.1 Å². The molecule has 1 heterocycles. The summed E-state index contributed by atoms with van der Waals surface area (Å²) in [5.41, 5.74) is 3.45. The van der Waals surface area contributed by atoms with Crippen molar-refractivity contribution >= 4 is 28.6 Å². The Labute approximate surface area is 111 Å². The van der Waals surface area contributed by atoms with Crippen molar-refractivity contribution in [3.8, 4) is 0 Å². The molecule has 3 rings (SSSR count). The first-order valence-corrected chi connectivity index (χ1v) is 6.74. The molecule has 0 spiro atoms. The first-order valence-electron chi connectivity index (χ1n) is 5.92. The predicted octanol–water partition coefficient (Wildman–Crippen LogP) is 4.71. The van der Waals surface area contributed by atoms with Gasteiger partial charge in [0.1, 0.15) is 0 Å². The number of hydrogen-bond acceptors (Lipinski definition) is 2. The van der Waals surface area contributed by atoms with Crippen LogP contribution in [0.15, 0.2) is 64.5 Å². The van der Waals surface area contributed by atoms with Crippen LogP contribution in [0.2, 0.25) is 0 Å². The van der Waals surface area contributed by atoms with Crippen molar-refractivity contribution in [3.05, 3.63) is 65.7 Å². The molecule has 18 heavy (non-hydrogen) atoms. The topological polar surface area (TPSA) is 12.4 Å². The lowest BCUT2D eigenvalue weighted by Crippen LogP contribution is -1.97. The third-order valence-electron chi connectivity index (χ3n) is 2.80. The first-order chi connectivity index (χ1) is 8.83. The van der Waals surface area contributed by atoms with Gasteiger partial charge in [-0.15, -0.1) is 0 Å². The molecule has 0 fully saturated rings. The zero-order chi connectivity index (χ0) is 12.4. The minimum absolute atomic E-state index is 1.05. The molecule has 0 radical (unpaired) electrons. The highest BCUT2D eigenvalue weighted by atomic mass is 32.2. The Morgan fingerprint density at radius 3 is 2.50 bits per heavy atom. The fourth-order valence-electron chi connectivity index (χ4n) is 2.00. The Morgan fingerprint density at radius 1 is 0.944 bits per heavy atom. The van der Waals surface area contributed by atoms with Gasteiger partial charge in [0.15, 0.2) is 0 Å². The standard InChI is InChI=1S/C16H13NS/c1-12-17-15(11-13-7-3-2-4-8-13)14-9-5-6-10-16(14)18-12/h2-11H,1H3/b15-11-. The van der Waals surface area contributed by atoms with Gasteiger partial charge in [0, 0.05) is 10.5 Å². The lowest BCUT2D eigenvalue weighted by molar-refractivity contribution is 1.36. The molecule has 0 aliphatic carbocycles. The van der Waals surface area contributed by atoms with E-state index in [1.165, 1.54) is 16.0 Å². The monoisotopic (exact) mass is 251 g/mol. The summed E-state index contributed by atoms with van der Waals surface area (Å²) in [5.74, 6) is 0. The van der Waals surface area contributed by atoms with E-state index < -0.39 is 0 Å². The summed E-state index contributed by atoms with van der Waals surface area (Å²) in [5, 5.41) is 1.09. The SMILES string of the molecule is CC1=N/C(=C\c2ccccc2)c2ccccc2S1. The third-order valence-corrected chi connectivity index (χ3v) is 3.76. The van der Waals surface area contributed by atoms with Crippen molar-refractivity contribution in [1.29, 1.82) is 0 Å². The van der Waals surface area contributed by atoms with E-state index in [2.05, 4.69) is 54.4 Å². The lowest BCUT2D eigenvalue weighted by atomic mass is 10.1. The molecule has 0 saturated heterocycles. The van der Waals surface area contributed by atoms with Gasteiger partial charge >= 0.3 is 0 Å². The molecule has 2 heteroatoms. The summed E-state index contributed by atoms with van der Waals surface area (Å²) in [6.45, 7) is 2.06. The molecular weight excluding hydrogens is 238 g/mol. The van der Waals surface area contributed by atoms with Crippen molar-refractivity contribution in [2.75, 3.05) is 0 Å². The van der Waals surface area contributed by atoms with Crippen LogP contribution in [0.5, 0.6) is 0 Å². The average Bonchev–Trinajstić information content (AvgIpc) is 2.40. The second-order valence-corrected chi connectivity index (χ2v) is 5.40. The van der Waals surface area contributed by atoms with Crippen LogP contribution >= 0.6 is 11.8 Å². The number of benzene rings is 2. The molecule has 0 unspecified atom stereocenters. The molecule has 88 valence electrons. The van der Waals surface area contributed by atoms with E-state index in [0.29, 0.717) is 0 Å². The number of aliphatic imine (C=N–C) groups is 1. The van der Waals surface area contributed by atoms with Gasteiger partial charge in [-0.1, -0.05) is 60.3 Å². The molecule has 2 aromatic carbocycles.